The Kier molecular flexibility index (Phi) is 63.2. The van der Waals surface area contributed by atoms with Crippen molar-refractivity contribution in [3.05, 3.63) is 406 Å². The second kappa shape index (κ2) is 75.5. The normalized spacial score (nSPS) is 11.4. The highest BCUT2D eigenvalue weighted by Gasteiger charge is 2.14. The molecule has 17 heteroatoms. The summed E-state index contributed by atoms with van der Waals surface area (Å²) in [7, 11) is 0. The van der Waals surface area contributed by atoms with Gasteiger partial charge in [-0.1, -0.05) is 374 Å². The summed E-state index contributed by atoms with van der Waals surface area (Å²) in [6.07, 6.45) is 47.6. The number of rotatable bonds is 55. The number of allylic oxidation sites excluding steroid dienone is 8. The van der Waals surface area contributed by atoms with Crippen LogP contribution in [0.5, 0.6) is 5.75 Å². The number of hydrogen-bond donors (Lipinski definition) is 3. The van der Waals surface area contributed by atoms with Gasteiger partial charge in [0, 0.05) is 49.7 Å². The molecular formula is C124H152O17. The molecule has 10 aromatic carbocycles. The summed E-state index contributed by atoms with van der Waals surface area (Å²) < 4.78 is 31.4. The van der Waals surface area contributed by atoms with Gasteiger partial charge in [-0.3, -0.25) is 38.4 Å². The summed E-state index contributed by atoms with van der Waals surface area (Å²) in [5.41, 5.74) is 13.4. The van der Waals surface area contributed by atoms with Gasteiger partial charge in [0.2, 0.25) is 0 Å². The number of aryl methyl sites for hydroxylation is 2. The molecule has 0 fully saturated rings. The number of ketones is 1. The molecule has 10 rings (SSSR count). The van der Waals surface area contributed by atoms with Crippen LogP contribution in [0, 0.1) is 19.8 Å². The highest BCUT2D eigenvalue weighted by Crippen LogP contribution is 2.23. The van der Waals surface area contributed by atoms with Crippen molar-refractivity contribution in [2.24, 2.45) is 5.92 Å². The standard InChI is InChI=1S/C22H24O4.2C21H32O3.C21H24O2.C20H20O3.C19H20O2/c1-17(23)19-13-14-21(24)20(15-19)11-7-2-3-8-12-22(25)26-16-18-9-5-4-6-10-18;1-18(12-10-16-21(2,3)23)11-6-4-9-15-20(22)24-17-19-13-7-5-8-14-19;1-2-3-4-5-10-15-20(22)16-11-7-12-17-21(23)24-18-19-13-8-6-9-14-19;1-17-13-14-19(15-18(17)2)9-5-4-8-12-21(22)23-16-20-10-6-3-7-11-20;21-15-19-12-7-11-17(14-19)8-3-2-6-13-20(22)23-16-18-9-4-1-5-10-18;20-19(21-16-18-13-7-2-8-14-18)15-9-3-6-12-17-10-4-1-5-11-17/h2,4-7,9-10,13-15,24H,3,8,11-12,16H2,1H3;5-8,11,13-14,18,23H,4,9-10,12,15-17H2,1-3H3;6,8-9,11,13-14,16,20,22H,2-5,7,10,12,15,17-18H2,1H3;3,5-7,9-11,13-15H,4,8,12,16H2,1-2H3;1,3-5,7-12,14-15H,2,6,13,16H2;1-2,4-8,10-14H,3,9,15-16H2/b7-2-;11-6-;16-11-;9-5-;8-3-;12-6-. The van der Waals surface area contributed by atoms with E-state index in [9.17, 15) is 53.7 Å². The third-order valence-electron chi connectivity index (χ3n) is 22.1. The molecule has 0 aliphatic rings. The number of aliphatic hydroxyl groups is 2. The lowest BCUT2D eigenvalue weighted by Gasteiger charge is -2.17. The van der Waals surface area contributed by atoms with E-state index in [1.807, 2.05) is 269 Å². The van der Waals surface area contributed by atoms with Gasteiger partial charge in [0.05, 0.1) is 11.7 Å². The van der Waals surface area contributed by atoms with Gasteiger partial charge in [-0.25, -0.2) is 0 Å². The quantitative estimate of drug-likeness (QED) is 0.00800. The summed E-state index contributed by atoms with van der Waals surface area (Å²) >= 11 is 0. The average molecular weight is 1910 g/mol. The van der Waals surface area contributed by atoms with Gasteiger partial charge in [-0.15, -0.1) is 0 Å². The number of aldehydes is 1. The Hall–Kier alpha value is -13.5. The predicted octanol–water partition coefficient (Wildman–Crippen LogP) is 29.1. The van der Waals surface area contributed by atoms with E-state index in [-0.39, 0.29) is 53.5 Å². The molecule has 141 heavy (non-hydrogen) atoms. The minimum Gasteiger partial charge on any atom is -0.508 e. The zero-order chi connectivity index (χ0) is 102. The molecule has 0 aromatic heterocycles. The largest absolute Gasteiger partial charge is 0.508 e. The molecular weight excluding hydrogens is 1760 g/mol. The number of ether oxygens (including phenoxy) is 6. The summed E-state index contributed by atoms with van der Waals surface area (Å²) in [6.45, 7) is 15.9. The second-order valence-corrected chi connectivity index (χ2v) is 35.4. The average Bonchev–Trinajstić information content (AvgIpc) is 0.860. The number of esters is 6. The van der Waals surface area contributed by atoms with Crippen molar-refractivity contribution in [1.29, 1.82) is 0 Å². The maximum absolute atomic E-state index is 11.7. The van der Waals surface area contributed by atoms with E-state index in [0.717, 1.165) is 154 Å². The summed E-state index contributed by atoms with van der Waals surface area (Å²) in [5, 5.41) is 29.4. The van der Waals surface area contributed by atoms with Crippen molar-refractivity contribution in [2.45, 2.75) is 280 Å². The lowest BCUT2D eigenvalue weighted by Crippen LogP contribution is -2.18. The Labute approximate surface area is 840 Å². The Balaban J connectivity index is 0.000000298. The van der Waals surface area contributed by atoms with E-state index in [4.69, 9.17) is 28.4 Å². The first-order valence-corrected chi connectivity index (χ1v) is 50.0. The third kappa shape index (κ3) is 62.3. The van der Waals surface area contributed by atoms with Crippen molar-refractivity contribution in [1.82, 2.24) is 0 Å². The number of phenols is 1. The molecule has 2 unspecified atom stereocenters. The first kappa shape index (κ1) is 118. The molecule has 17 nitrogen and oxygen atoms in total. The fraction of sp³-hybridized carbons (Fsp3) is 0.355. The molecule has 0 saturated carbocycles. The van der Waals surface area contributed by atoms with Crippen LogP contribution >= 0.6 is 0 Å². The van der Waals surface area contributed by atoms with Gasteiger partial charge in [0.15, 0.2) is 5.78 Å². The molecule has 0 radical (unpaired) electrons. The van der Waals surface area contributed by atoms with Crippen LogP contribution in [-0.4, -0.2) is 74.9 Å². The Morgan fingerprint density at radius 3 is 1.05 bits per heavy atom. The molecule has 0 aliphatic heterocycles. The van der Waals surface area contributed by atoms with Crippen LogP contribution in [0.25, 0.3) is 18.2 Å². The number of phenolic OH excluding ortho intramolecular Hbond substituents is 1. The molecule has 10 aromatic rings. The highest BCUT2D eigenvalue weighted by atomic mass is 16.6. The molecule has 0 amide bonds. The Bertz CT molecular complexity index is 5270. The van der Waals surface area contributed by atoms with Gasteiger partial charge in [0.25, 0.3) is 0 Å². The fourth-order valence-electron chi connectivity index (χ4n) is 13.8. The maximum atomic E-state index is 11.7. The van der Waals surface area contributed by atoms with E-state index < -0.39 is 5.60 Å². The Morgan fingerprint density at radius 1 is 0.340 bits per heavy atom. The van der Waals surface area contributed by atoms with Crippen molar-refractivity contribution in [3.63, 3.8) is 0 Å². The molecule has 2 atom stereocenters. The van der Waals surface area contributed by atoms with Crippen molar-refractivity contribution >= 4 is 66.1 Å². The van der Waals surface area contributed by atoms with Gasteiger partial charge in [-0.05, 0) is 234 Å². The lowest BCUT2D eigenvalue weighted by molar-refractivity contribution is -0.145. The molecule has 0 spiro atoms. The van der Waals surface area contributed by atoms with E-state index in [2.05, 4.69) is 94.5 Å². The Morgan fingerprint density at radius 2 is 0.681 bits per heavy atom. The van der Waals surface area contributed by atoms with Gasteiger partial charge in [0.1, 0.15) is 51.7 Å². The van der Waals surface area contributed by atoms with Gasteiger partial charge >= 0.3 is 35.8 Å². The number of hydrogen-bond acceptors (Lipinski definition) is 17. The van der Waals surface area contributed by atoms with Crippen LogP contribution in [-0.2, 0) is 103 Å². The number of Topliss-reactive ketones (excluding diaryl/α,β-unsaturated/α-hetero) is 1. The number of carbonyl (C=O) groups is 8. The number of carbonyl (C=O) groups excluding carboxylic acids is 8. The van der Waals surface area contributed by atoms with Crippen LogP contribution in [0.2, 0.25) is 0 Å². The first-order valence-electron chi connectivity index (χ1n) is 50.0. The van der Waals surface area contributed by atoms with Crippen LogP contribution in [0.1, 0.15) is 295 Å². The lowest BCUT2D eigenvalue weighted by atomic mass is 9.96. The molecule has 0 aliphatic carbocycles. The monoisotopic (exact) mass is 1910 g/mol. The topological polar surface area (TPSA) is 253 Å². The number of unbranched alkanes of at least 4 members (excludes halogenated alkanes) is 10. The smallest absolute Gasteiger partial charge is 0.306 e. The minimum atomic E-state index is -0.566. The van der Waals surface area contributed by atoms with E-state index in [1.165, 1.54) is 54.9 Å². The van der Waals surface area contributed by atoms with Crippen molar-refractivity contribution in [2.75, 3.05) is 0 Å². The van der Waals surface area contributed by atoms with Crippen molar-refractivity contribution < 1.29 is 82.1 Å². The molecule has 750 valence electrons. The number of aromatic hydroxyl groups is 1. The highest BCUT2D eigenvalue weighted by molar-refractivity contribution is 5.94. The number of aliphatic hydroxyl groups excluding tert-OH is 1. The first-order chi connectivity index (χ1) is 68.4. The zero-order valence-electron chi connectivity index (χ0n) is 84.2. The molecule has 0 heterocycles. The zero-order valence-corrected chi connectivity index (χ0v) is 84.2. The number of benzene rings is 10. The van der Waals surface area contributed by atoms with E-state index in [1.54, 1.807) is 24.3 Å². The van der Waals surface area contributed by atoms with Crippen LogP contribution in [0.15, 0.2) is 328 Å². The maximum Gasteiger partial charge on any atom is 0.306 e. The summed E-state index contributed by atoms with van der Waals surface area (Å²) in [6, 6.07) is 87.0. The second-order valence-electron chi connectivity index (χ2n) is 35.4. The molecule has 3 N–H and O–H groups in total. The van der Waals surface area contributed by atoms with Crippen LogP contribution < -0.4 is 0 Å². The van der Waals surface area contributed by atoms with Gasteiger partial charge in [-0.2, -0.15) is 0 Å². The summed E-state index contributed by atoms with van der Waals surface area (Å²) in [4.78, 5) is 92.1. The molecule has 0 saturated heterocycles. The van der Waals surface area contributed by atoms with E-state index in [0.29, 0.717) is 108 Å². The SMILES string of the molecule is CC(/C=C\CCCC(=O)OCc1ccccc1)CCCC(C)(C)O.CC(=O)c1ccc(O)c(C/C=C\CCCC(=O)OCc2ccccc2)c1.CCCCCCCC(O)/C=C\CCCC(=O)OCc1ccccc1.Cc1ccc(/C=C\CCCC(=O)OCc2ccccc2)cc1C.O=C(CCC/C=C\c1ccccc1)OCc1ccccc1.O=Cc1cccc(/C=C\CCCC(=O)OCc2ccccc2)c1. The van der Waals surface area contributed by atoms with Crippen LogP contribution in [0.3, 0.4) is 0 Å². The fourth-order valence-corrected chi connectivity index (χ4v) is 13.8. The van der Waals surface area contributed by atoms with Gasteiger partial charge < -0.3 is 43.7 Å². The minimum absolute atomic E-state index is 0.0238. The van der Waals surface area contributed by atoms with Crippen molar-refractivity contribution in [3.8, 4) is 5.75 Å². The van der Waals surface area contributed by atoms with Crippen LogP contribution in [0.4, 0.5) is 0 Å². The third-order valence-corrected chi connectivity index (χ3v) is 22.1. The summed E-state index contributed by atoms with van der Waals surface area (Å²) in [5.74, 6) is -0.264. The predicted molar refractivity (Wildman–Crippen MR) is 570 cm³/mol. The van der Waals surface area contributed by atoms with E-state index >= 15 is 0 Å². The molecule has 0 bridgehead atoms.